The first-order valence-corrected chi connectivity index (χ1v) is 11.7. The SMILES string of the molecule is CCCCCNC(=S)NCC(=O)NC[C@H]1[C@@H](CC=CCCCC(=O)O)[C@H]2CC[C@@H]1O2. The second kappa shape index (κ2) is 13.6. The number of fused-ring (bicyclic) bond motifs is 2. The molecule has 2 aliphatic rings. The summed E-state index contributed by atoms with van der Waals surface area (Å²) in [5.74, 6) is -0.0637. The maximum atomic E-state index is 12.2. The number of nitrogens with one attached hydrogen (secondary N) is 3. The summed E-state index contributed by atoms with van der Waals surface area (Å²) in [6.45, 7) is 3.78. The third-order valence-corrected chi connectivity index (χ3v) is 6.23. The molecule has 4 N–H and O–H groups in total. The molecule has 2 aliphatic heterocycles. The molecular formula is C22H37N3O4S. The highest BCUT2D eigenvalue weighted by Gasteiger charge is 2.47. The normalized spacial score (nSPS) is 24.8. The Hall–Kier alpha value is -1.67. The van der Waals surface area contributed by atoms with Crippen LogP contribution in [0.5, 0.6) is 0 Å². The molecular weight excluding hydrogens is 402 g/mol. The molecule has 8 heteroatoms. The summed E-state index contributed by atoms with van der Waals surface area (Å²) in [4.78, 5) is 22.8. The lowest BCUT2D eigenvalue weighted by Gasteiger charge is -2.27. The molecule has 0 saturated carbocycles. The Morgan fingerprint density at radius 3 is 2.57 bits per heavy atom. The van der Waals surface area contributed by atoms with E-state index in [4.69, 9.17) is 22.1 Å². The van der Waals surface area contributed by atoms with Crippen LogP contribution in [0.25, 0.3) is 0 Å². The third kappa shape index (κ3) is 8.60. The Labute approximate surface area is 185 Å². The van der Waals surface area contributed by atoms with Gasteiger partial charge in [0.15, 0.2) is 5.11 Å². The fraction of sp³-hybridized carbons (Fsp3) is 0.773. The fourth-order valence-electron chi connectivity index (χ4n) is 4.32. The second-order valence-electron chi connectivity index (χ2n) is 8.23. The number of allylic oxidation sites excluding steroid dienone is 2. The van der Waals surface area contributed by atoms with E-state index in [1.54, 1.807) is 0 Å². The number of carboxylic acid groups (broad SMARTS) is 1. The highest BCUT2D eigenvalue weighted by molar-refractivity contribution is 7.80. The molecule has 7 nitrogen and oxygen atoms in total. The standard InChI is InChI=1S/C22H37N3O4S/c1-2-3-8-13-23-22(30)25-15-20(26)24-14-17-16(18-11-12-19(17)29-18)9-6-4-5-7-10-21(27)28/h4,6,16-19H,2-3,5,7-15H2,1H3,(H,24,26)(H,27,28)(H2,23,25,30)/t16-,17+,18-,19+/m1/s1. The lowest BCUT2D eigenvalue weighted by molar-refractivity contribution is -0.137. The van der Waals surface area contributed by atoms with Crippen LogP contribution in [-0.2, 0) is 14.3 Å². The number of carbonyl (C=O) groups excluding carboxylic acids is 1. The first-order valence-electron chi connectivity index (χ1n) is 11.3. The zero-order chi connectivity index (χ0) is 21.8. The van der Waals surface area contributed by atoms with E-state index in [0.717, 1.165) is 38.6 Å². The predicted molar refractivity (Wildman–Crippen MR) is 121 cm³/mol. The Morgan fingerprint density at radius 1 is 1.07 bits per heavy atom. The van der Waals surface area contributed by atoms with Gasteiger partial charge in [0.25, 0.3) is 0 Å². The maximum Gasteiger partial charge on any atom is 0.303 e. The third-order valence-electron chi connectivity index (χ3n) is 5.94. The molecule has 0 aliphatic carbocycles. The monoisotopic (exact) mass is 439 g/mol. The summed E-state index contributed by atoms with van der Waals surface area (Å²) in [5, 5.41) is 18.3. The number of hydrogen-bond donors (Lipinski definition) is 4. The van der Waals surface area contributed by atoms with Crippen LogP contribution in [0.2, 0.25) is 0 Å². The molecule has 0 spiro atoms. The molecule has 2 saturated heterocycles. The Balaban J connectivity index is 1.66. The van der Waals surface area contributed by atoms with Gasteiger partial charge in [-0.15, -0.1) is 0 Å². The van der Waals surface area contributed by atoms with Gasteiger partial charge in [-0.25, -0.2) is 0 Å². The minimum absolute atomic E-state index is 0.0570. The smallest absolute Gasteiger partial charge is 0.303 e. The number of ether oxygens (including phenoxy) is 1. The molecule has 2 rings (SSSR count). The molecule has 0 unspecified atom stereocenters. The van der Waals surface area contributed by atoms with Crippen molar-refractivity contribution in [2.75, 3.05) is 19.6 Å². The molecule has 0 radical (unpaired) electrons. The van der Waals surface area contributed by atoms with Gasteiger partial charge in [0.05, 0.1) is 18.8 Å². The Kier molecular flexibility index (Phi) is 11.1. The first kappa shape index (κ1) is 24.6. The molecule has 2 fully saturated rings. The van der Waals surface area contributed by atoms with Crippen molar-refractivity contribution in [2.45, 2.75) is 76.9 Å². The molecule has 4 atom stereocenters. The van der Waals surface area contributed by atoms with Gasteiger partial charge in [0.1, 0.15) is 0 Å². The topological polar surface area (TPSA) is 99.7 Å². The van der Waals surface area contributed by atoms with Crippen molar-refractivity contribution in [3.8, 4) is 0 Å². The van der Waals surface area contributed by atoms with Crippen molar-refractivity contribution in [2.24, 2.45) is 11.8 Å². The summed E-state index contributed by atoms with van der Waals surface area (Å²) >= 11 is 5.21. The number of hydrogen-bond acceptors (Lipinski definition) is 4. The average molecular weight is 440 g/mol. The summed E-state index contributed by atoms with van der Waals surface area (Å²) in [6.07, 6.45) is 12.9. The van der Waals surface area contributed by atoms with E-state index in [2.05, 4.69) is 35.0 Å². The summed E-state index contributed by atoms with van der Waals surface area (Å²) < 4.78 is 6.09. The van der Waals surface area contributed by atoms with Crippen LogP contribution in [0.3, 0.4) is 0 Å². The molecule has 30 heavy (non-hydrogen) atoms. The zero-order valence-electron chi connectivity index (χ0n) is 18.0. The molecule has 2 bridgehead atoms. The van der Waals surface area contributed by atoms with Crippen LogP contribution in [0.15, 0.2) is 12.2 Å². The van der Waals surface area contributed by atoms with E-state index in [-0.39, 0.29) is 31.1 Å². The zero-order valence-corrected chi connectivity index (χ0v) is 18.8. The van der Waals surface area contributed by atoms with Gasteiger partial charge in [0.2, 0.25) is 5.91 Å². The Bertz CT molecular complexity index is 599. The molecule has 0 aromatic heterocycles. The highest BCUT2D eigenvalue weighted by atomic mass is 32.1. The van der Waals surface area contributed by atoms with E-state index in [1.165, 1.54) is 12.8 Å². The van der Waals surface area contributed by atoms with Crippen LogP contribution < -0.4 is 16.0 Å². The maximum absolute atomic E-state index is 12.2. The van der Waals surface area contributed by atoms with Crippen LogP contribution in [0, 0.1) is 11.8 Å². The largest absolute Gasteiger partial charge is 0.481 e. The first-order chi connectivity index (χ1) is 14.5. The molecule has 0 aromatic carbocycles. The number of amides is 1. The number of rotatable bonds is 14. The van der Waals surface area contributed by atoms with Gasteiger partial charge >= 0.3 is 5.97 Å². The summed E-state index contributed by atoms with van der Waals surface area (Å²) in [6, 6.07) is 0. The minimum Gasteiger partial charge on any atom is -0.481 e. The van der Waals surface area contributed by atoms with Crippen LogP contribution in [0.4, 0.5) is 0 Å². The van der Waals surface area contributed by atoms with Gasteiger partial charge in [-0.05, 0) is 56.7 Å². The number of thiocarbonyl (C=S) groups is 1. The van der Waals surface area contributed by atoms with Crippen molar-refractivity contribution < 1.29 is 19.4 Å². The molecule has 2 heterocycles. The van der Waals surface area contributed by atoms with Crippen LogP contribution in [0.1, 0.15) is 64.7 Å². The average Bonchev–Trinajstić information content (AvgIpc) is 3.32. The second-order valence-corrected chi connectivity index (χ2v) is 8.64. The van der Waals surface area contributed by atoms with Gasteiger partial charge in [-0.3, -0.25) is 9.59 Å². The van der Waals surface area contributed by atoms with Crippen molar-refractivity contribution in [3.63, 3.8) is 0 Å². The lowest BCUT2D eigenvalue weighted by atomic mass is 9.77. The minimum atomic E-state index is -0.747. The fourth-order valence-corrected chi connectivity index (χ4v) is 4.49. The number of carbonyl (C=O) groups is 2. The predicted octanol–water partition coefficient (Wildman–Crippen LogP) is 2.75. The lowest BCUT2D eigenvalue weighted by Crippen LogP contribution is -2.44. The van der Waals surface area contributed by atoms with Gasteiger partial charge in [-0.1, -0.05) is 31.9 Å². The number of aliphatic carboxylic acids is 1. The van der Waals surface area contributed by atoms with Crippen molar-refractivity contribution in [1.82, 2.24) is 16.0 Å². The van der Waals surface area contributed by atoms with Gasteiger partial charge < -0.3 is 25.8 Å². The van der Waals surface area contributed by atoms with Crippen molar-refractivity contribution in [1.29, 1.82) is 0 Å². The van der Waals surface area contributed by atoms with Crippen LogP contribution in [-0.4, -0.2) is 53.9 Å². The van der Waals surface area contributed by atoms with Crippen molar-refractivity contribution in [3.05, 3.63) is 12.2 Å². The van der Waals surface area contributed by atoms with Gasteiger partial charge in [0, 0.05) is 25.4 Å². The molecule has 170 valence electrons. The molecule has 1 amide bonds. The van der Waals surface area contributed by atoms with E-state index < -0.39 is 5.97 Å². The van der Waals surface area contributed by atoms with E-state index in [0.29, 0.717) is 29.9 Å². The van der Waals surface area contributed by atoms with Gasteiger partial charge in [-0.2, -0.15) is 0 Å². The van der Waals surface area contributed by atoms with E-state index in [1.807, 2.05) is 0 Å². The summed E-state index contributed by atoms with van der Waals surface area (Å²) in [7, 11) is 0. The van der Waals surface area contributed by atoms with Crippen LogP contribution >= 0.6 is 12.2 Å². The Morgan fingerprint density at radius 2 is 1.83 bits per heavy atom. The van der Waals surface area contributed by atoms with Crippen molar-refractivity contribution >= 4 is 29.2 Å². The highest BCUT2D eigenvalue weighted by Crippen LogP contribution is 2.44. The number of unbranched alkanes of at least 4 members (excludes halogenated alkanes) is 3. The van der Waals surface area contributed by atoms with E-state index >= 15 is 0 Å². The summed E-state index contributed by atoms with van der Waals surface area (Å²) in [5.41, 5.74) is 0. The number of carboxylic acids is 1. The van der Waals surface area contributed by atoms with E-state index in [9.17, 15) is 9.59 Å². The quantitative estimate of drug-likeness (QED) is 0.188. The molecule has 0 aromatic rings.